The summed E-state index contributed by atoms with van der Waals surface area (Å²) >= 11 is 0. The summed E-state index contributed by atoms with van der Waals surface area (Å²) < 4.78 is 5.90. The lowest BCUT2D eigenvalue weighted by Crippen LogP contribution is -2.44. The Balaban J connectivity index is 1.73. The predicted molar refractivity (Wildman–Crippen MR) is 123 cm³/mol. The van der Waals surface area contributed by atoms with Crippen LogP contribution in [0.2, 0.25) is 0 Å². The van der Waals surface area contributed by atoms with E-state index in [1.807, 2.05) is 47.4 Å². The molecule has 3 aromatic rings. The molecule has 0 bridgehead atoms. The van der Waals surface area contributed by atoms with E-state index < -0.39 is 0 Å². The number of nitrogens with zero attached hydrogens (tertiary/aromatic N) is 2. The van der Waals surface area contributed by atoms with E-state index in [0.29, 0.717) is 18.2 Å². The predicted octanol–water partition coefficient (Wildman–Crippen LogP) is 5.85. The van der Waals surface area contributed by atoms with Crippen LogP contribution >= 0.6 is 0 Å². The summed E-state index contributed by atoms with van der Waals surface area (Å²) in [5, 5.41) is 7.55. The lowest BCUT2D eigenvalue weighted by molar-refractivity contribution is 0.0546. The minimum absolute atomic E-state index is 0.0144. The van der Waals surface area contributed by atoms with E-state index in [2.05, 4.69) is 56.9 Å². The largest absolute Gasteiger partial charge is 0.494 e. The molecule has 1 unspecified atom stereocenters. The molecular formula is C26H31N3O2. The van der Waals surface area contributed by atoms with E-state index in [0.717, 1.165) is 34.6 Å². The molecule has 0 spiro atoms. The smallest absolute Gasteiger partial charge is 0.273 e. The molecule has 4 rings (SSSR count). The first-order chi connectivity index (χ1) is 14.8. The number of aromatic amines is 1. The number of nitrogens with one attached hydrogen (secondary N) is 1. The van der Waals surface area contributed by atoms with Crippen molar-refractivity contribution in [2.45, 2.75) is 52.6 Å². The van der Waals surface area contributed by atoms with Crippen molar-refractivity contribution in [1.29, 1.82) is 0 Å². The molecule has 31 heavy (non-hydrogen) atoms. The maximum atomic E-state index is 13.4. The lowest BCUT2D eigenvalue weighted by Gasteiger charge is -2.37. The van der Waals surface area contributed by atoms with Gasteiger partial charge in [0.25, 0.3) is 5.91 Å². The molecule has 0 radical (unpaired) electrons. The molecular weight excluding hydrogens is 386 g/mol. The van der Waals surface area contributed by atoms with Crippen molar-refractivity contribution < 1.29 is 9.53 Å². The Hall–Kier alpha value is -3.08. The average molecular weight is 418 g/mol. The number of ether oxygens (including phenoxy) is 1. The number of benzene rings is 2. The summed E-state index contributed by atoms with van der Waals surface area (Å²) in [7, 11) is 0. The van der Waals surface area contributed by atoms with Crippen molar-refractivity contribution in [3.63, 3.8) is 0 Å². The standard InChI is InChI=1S/C26H31N3O2/c1-17(2)15-16-31-20-13-11-19(12-14-20)24-21-22(18-9-7-6-8-10-18)27-28-23(21)25(30)29(24)26(3,4)5/h6-14,17,24H,15-16H2,1-5H3,(H,27,28). The Morgan fingerprint density at radius 2 is 1.74 bits per heavy atom. The summed E-state index contributed by atoms with van der Waals surface area (Å²) in [6.45, 7) is 11.3. The molecule has 5 heteroatoms. The molecule has 0 fully saturated rings. The van der Waals surface area contributed by atoms with Crippen LogP contribution in [0.1, 0.15) is 68.7 Å². The van der Waals surface area contributed by atoms with Crippen LogP contribution in [0.4, 0.5) is 0 Å². The fraction of sp³-hybridized carbons (Fsp3) is 0.385. The van der Waals surface area contributed by atoms with Crippen LogP contribution in [-0.2, 0) is 0 Å². The molecule has 0 saturated heterocycles. The molecule has 1 atom stereocenters. The second kappa shape index (κ2) is 8.22. The van der Waals surface area contributed by atoms with Crippen molar-refractivity contribution >= 4 is 5.91 Å². The van der Waals surface area contributed by atoms with Gasteiger partial charge in [0.15, 0.2) is 0 Å². The fourth-order valence-electron chi connectivity index (χ4n) is 4.13. The zero-order chi connectivity index (χ0) is 22.2. The van der Waals surface area contributed by atoms with Gasteiger partial charge >= 0.3 is 0 Å². The molecule has 1 aliphatic heterocycles. The van der Waals surface area contributed by atoms with Crippen molar-refractivity contribution in [3.8, 4) is 17.0 Å². The Kier molecular flexibility index (Phi) is 5.61. The summed E-state index contributed by atoms with van der Waals surface area (Å²) in [5.41, 5.74) is 4.06. The monoisotopic (exact) mass is 417 g/mol. The highest BCUT2D eigenvalue weighted by Crippen LogP contribution is 2.46. The second-order valence-corrected chi connectivity index (χ2v) is 9.58. The van der Waals surface area contributed by atoms with Crippen LogP contribution in [0.5, 0.6) is 5.75 Å². The summed E-state index contributed by atoms with van der Waals surface area (Å²) in [6.07, 6.45) is 1.02. The van der Waals surface area contributed by atoms with Gasteiger partial charge in [-0.3, -0.25) is 9.89 Å². The molecule has 2 heterocycles. The number of rotatable bonds is 6. The highest BCUT2D eigenvalue weighted by atomic mass is 16.5. The molecule has 1 N–H and O–H groups in total. The van der Waals surface area contributed by atoms with Crippen molar-refractivity contribution in [3.05, 3.63) is 71.4 Å². The van der Waals surface area contributed by atoms with Crippen LogP contribution in [0.25, 0.3) is 11.3 Å². The summed E-state index contributed by atoms with van der Waals surface area (Å²) in [4.78, 5) is 15.3. The molecule has 1 amide bonds. The Morgan fingerprint density at radius 1 is 1.06 bits per heavy atom. The molecule has 162 valence electrons. The first kappa shape index (κ1) is 21.2. The maximum absolute atomic E-state index is 13.4. The third-order valence-corrected chi connectivity index (χ3v) is 5.70. The average Bonchev–Trinajstić information content (AvgIpc) is 3.28. The third kappa shape index (κ3) is 4.09. The molecule has 2 aromatic carbocycles. The lowest BCUT2D eigenvalue weighted by atomic mass is 9.93. The number of H-pyrrole nitrogens is 1. The van der Waals surface area contributed by atoms with Crippen LogP contribution in [0.15, 0.2) is 54.6 Å². The number of carbonyl (C=O) groups excluding carboxylic acids is 1. The number of amides is 1. The zero-order valence-corrected chi connectivity index (χ0v) is 19.0. The maximum Gasteiger partial charge on any atom is 0.273 e. The second-order valence-electron chi connectivity index (χ2n) is 9.58. The van der Waals surface area contributed by atoms with Crippen LogP contribution in [0.3, 0.4) is 0 Å². The highest BCUT2D eigenvalue weighted by Gasteiger charge is 2.46. The normalized spacial score (nSPS) is 16.1. The van der Waals surface area contributed by atoms with Gasteiger partial charge < -0.3 is 9.64 Å². The van der Waals surface area contributed by atoms with Gasteiger partial charge in [0, 0.05) is 16.7 Å². The zero-order valence-electron chi connectivity index (χ0n) is 19.0. The first-order valence-electron chi connectivity index (χ1n) is 11.0. The minimum Gasteiger partial charge on any atom is -0.494 e. The van der Waals surface area contributed by atoms with E-state index in [-0.39, 0.29) is 17.5 Å². The van der Waals surface area contributed by atoms with E-state index in [1.165, 1.54) is 0 Å². The van der Waals surface area contributed by atoms with Gasteiger partial charge in [0.05, 0.1) is 18.3 Å². The van der Waals surface area contributed by atoms with Gasteiger partial charge in [-0.2, -0.15) is 5.10 Å². The Labute approximate surface area is 184 Å². The highest BCUT2D eigenvalue weighted by molar-refractivity contribution is 6.00. The van der Waals surface area contributed by atoms with E-state index in [1.54, 1.807) is 0 Å². The van der Waals surface area contributed by atoms with Crippen molar-refractivity contribution in [2.24, 2.45) is 5.92 Å². The van der Waals surface area contributed by atoms with Gasteiger partial charge in [0.2, 0.25) is 0 Å². The quantitative estimate of drug-likeness (QED) is 0.548. The fourth-order valence-corrected chi connectivity index (χ4v) is 4.13. The van der Waals surface area contributed by atoms with Crippen molar-refractivity contribution in [1.82, 2.24) is 15.1 Å². The van der Waals surface area contributed by atoms with Gasteiger partial charge in [-0.05, 0) is 50.8 Å². The van der Waals surface area contributed by atoms with Crippen molar-refractivity contribution in [2.75, 3.05) is 6.61 Å². The van der Waals surface area contributed by atoms with E-state index in [4.69, 9.17) is 4.74 Å². The van der Waals surface area contributed by atoms with Gasteiger partial charge in [-0.15, -0.1) is 0 Å². The van der Waals surface area contributed by atoms with Gasteiger partial charge in [0.1, 0.15) is 11.4 Å². The first-order valence-corrected chi connectivity index (χ1v) is 11.0. The number of hydrogen-bond acceptors (Lipinski definition) is 3. The number of hydrogen-bond donors (Lipinski definition) is 1. The van der Waals surface area contributed by atoms with Gasteiger partial charge in [-0.25, -0.2) is 0 Å². The van der Waals surface area contributed by atoms with E-state index >= 15 is 0 Å². The van der Waals surface area contributed by atoms with Crippen LogP contribution < -0.4 is 4.74 Å². The SMILES string of the molecule is CC(C)CCOc1ccc(C2c3c(-c4ccccc4)n[nH]c3C(=O)N2C(C)(C)C)cc1. The number of fused-ring (bicyclic) bond motifs is 1. The topological polar surface area (TPSA) is 58.2 Å². The van der Waals surface area contributed by atoms with Crippen LogP contribution in [0, 0.1) is 5.92 Å². The molecule has 0 aliphatic carbocycles. The molecule has 5 nitrogen and oxygen atoms in total. The van der Waals surface area contributed by atoms with E-state index in [9.17, 15) is 4.79 Å². The number of carbonyl (C=O) groups is 1. The number of aromatic nitrogens is 2. The van der Waals surface area contributed by atoms with Gasteiger partial charge in [-0.1, -0.05) is 56.3 Å². The summed E-state index contributed by atoms with van der Waals surface area (Å²) in [6, 6.07) is 18.0. The minimum atomic E-state index is -0.345. The van der Waals surface area contributed by atoms with Crippen LogP contribution in [-0.4, -0.2) is 33.2 Å². The molecule has 0 saturated carbocycles. The molecule has 1 aromatic heterocycles. The Bertz CT molecular complexity index is 1050. The molecule has 1 aliphatic rings. The summed E-state index contributed by atoms with van der Waals surface area (Å²) in [5.74, 6) is 1.45. The third-order valence-electron chi connectivity index (χ3n) is 5.70. The Morgan fingerprint density at radius 3 is 2.35 bits per heavy atom.